The van der Waals surface area contributed by atoms with E-state index in [0.29, 0.717) is 0 Å². The van der Waals surface area contributed by atoms with E-state index >= 15 is 0 Å². The third kappa shape index (κ3) is 3.56. The lowest BCUT2D eigenvalue weighted by Crippen LogP contribution is -2.44. The normalized spacial score (nSPS) is 13.2. The molecule has 0 aliphatic heterocycles. The summed E-state index contributed by atoms with van der Waals surface area (Å²) in [5.74, 6) is -0.103. The van der Waals surface area contributed by atoms with Crippen LogP contribution in [0.4, 0.5) is 0 Å². The Labute approximate surface area is 103 Å². The molecule has 94 valence electrons. The highest BCUT2D eigenvalue weighted by atomic mass is 16.5. The quantitative estimate of drug-likeness (QED) is 0.871. The van der Waals surface area contributed by atoms with Crippen molar-refractivity contribution in [2.24, 2.45) is 0 Å². The van der Waals surface area contributed by atoms with E-state index in [1.807, 2.05) is 32.0 Å². The van der Waals surface area contributed by atoms with Gasteiger partial charge < -0.3 is 10.1 Å². The molecule has 0 bridgehead atoms. The van der Waals surface area contributed by atoms with Crippen molar-refractivity contribution in [2.75, 3.05) is 7.11 Å². The number of methoxy groups -OCH3 is 1. The molecule has 0 saturated heterocycles. The lowest BCUT2D eigenvalue weighted by molar-refractivity contribution is -0.140. The Bertz CT molecular complexity index is 399. The molecule has 0 aromatic heterocycles. The summed E-state index contributed by atoms with van der Waals surface area (Å²) in [6, 6.07) is 8.10. The fourth-order valence-electron chi connectivity index (χ4n) is 1.49. The van der Waals surface area contributed by atoms with Crippen LogP contribution in [0.15, 0.2) is 24.3 Å². The van der Waals surface area contributed by atoms with Crippen molar-refractivity contribution < 1.29 is 9.53 Å². The molecular formula is C14H21NO2. The van der Waals surface area contributed by atoms with Crippen LogP contribution in [0.2, 0.25) is 0 Å². The Balaban J connectivity index is 2.73. The molecule has 3 nitrogen and oxygen atoms in total. The Morgan fingerprint density at radius 1 is 1.41 bits per heavy atom. The van der Waals surface area contributed by atoms with E-state index < -0.39 is 5.60 Å². The number of hydrogen-bond donors (Lipinski definition) is 1. The first-order valence-corrected chi connectivity index (χ1v) is 5.79. The standard InChI is InChI=1S/C14H21NO2/c1-10-7-6-8-12(9-10)11(2)15-13(16)14(3,4)17-5/h6-9,11H,1-5H3,(H,15,16)/t11-/m0/s1. The zero-order valence-corrected chi connectivity index (χ0v) is 11.2. The fourth-order valence-corrected chi connectivity index (χ4v) is 1.49. The minimum Gasteiger partial charge on any atom is -0.369 e. The summed E-state index contributed by atoms with van der Waals surface area (Å²) in [4.78, 5) is 11.9. The molecule has 0 aliphatic carbocycles. The second-order valence-electron chi connectivity index (χ2n) is 4.82. The van der Waals surface area contributed by atoms with Crippen LogP contribution in [0.3, 0.4) is 0 Å². The van der Waals surface area contributed by atoms with Crippen LogP contribution in [0.1, 0.15) is 37.9 Å². The van der Waals surface area contributed by atoms with Gasteiger partial charge in [0.25, 0.3) is 5.91 Å². The van der Waals surface area contributed by atoms with Gasteiger partial charge in [-0.25, -0.2) is 0 Å². The lowest BCUT2D eigenvalue weighted by Gasteiger charge is -2.24. The van der Waals surface area contributed by atoms with Crippen molar-refractivity contribution in [3.05, 3.63) is 35.4 Å². The number of carbonyl (C=O) groups is 1. The fraction of sp³-hybridized carbons (Fsp3) is 0.500. The Hall–Kier alpha value is -1.35. The van der Waals surface area contributed by atoms with Gasteiger partial charge in [0, 0.05) is 7.11 Å². The summed E-state index contributed by atoms with van der Waals surface area (Å²) in [6.45, 7) is 7.52. The lowest BCUT2D eigenvalue weighted by atomic mass is 10.0. The summed E-state index contributed by atoms with van der Waals surface area (Å²) >= 11 is 0. The number of carbonyl (C=O) groups excluding carboxylic acids is 1. The van der Waals surface area contributed by atoms with Crippen molar-refractivity contribution >= 4 is 5.91 Å². The van der Waals surface area contributed by atoms with Gasteiger partial charge in [0.05, 0.1) is 6.04 Å². The predicted octanol–water partition coefficient (Wildman–Crippen LogP) is 2.60. The van der Waals surface area contributed by atoms with E-state index in [0.717, 1.165) is 5.56 Å². The smallest absolute Gasteiger partial charge is 0.252 e. The minimum atomic E-state index is -0.794. The Morgan fingerprint density at radius 2 is 2.06 bits per heavy atom. The van der Waals surface area contributed by atoms with Crippen LogP contribution in [-0.2, 0) is 9.53 Å². The average molecular weight is 235 g/mol. The van der Waals surface area contributed by atoms with E-state index in [2.05, 4.69) is 11.4 Å². The van der Waals surface area contributed by atoms with Crippen LogP contribution in [0.25, 0.3) is 0 Å². The van der Waals surface area contributed by atoms with Crippen LogP contribution >= 0.6 is 0 Å². The second-order valence-corrected chi connectivity index (χ2v) is 4.82. The highest BCUT2D eigenvalue weighted by Crippen LogP contribution is 2.16. The van der Waals surface area contributed by atoms with Crippen molar-refractivity contribution in [3.63, 3.8) is 0 Å². The highest BCUT2D eigenvalue weighted by Gasteiger charge is 2.28. The summed E-state index contributed by atoms with van der Waals surface area (Å²) in [5, 5.41) is 2.95. The maximum atomic E-state index is 11.9. The SMILES string of the molecule is COC(C)(C)C(=O)N[C@@H](C)c1cccc(C)c1. The largest absolute Gasteiger partial charge is 0.369 e. The van der Waals surface area contributed by atoms with Crippen LogP contribution in [0.5, 0.6) is 0 Å². The number of rotatable bonds is 4. The van der Waals surface area contributed by atoms with Gasteiger partial charge in [0.15, 0.2) is 0 Å². The Kier molecular flexibility index (Phi) is 4.29. The van der Waals surface area contributed by atoms with E-state index in [1.165, 1.54) is 12.7 Å². The molecule has 17 heavy (non-hydrogen) atoms. The van der Waals surface area contributed by atoms with Crippen molar-refractivity contribution in [2.45, 2.75) is 39.3 Å². The highest BCUT2D eigenvalue weighted by molar-refractivity contribution is 5.84. The molecule has 0 fully saturated rings. The molecule has 1 aromatic rings. The molecular weight excluding hydrogens is 214 g/mol. The zero-order valence-electron chi connectivity index (χ0n) is 11.2. The van der Waals surface area contributed by atoms with Gasteiger partial charge in [0.1, 0.15) is 5.60 Å². The van der Waals surface area contributed by atoms with Gasteiger partial charge in [-0.3, -0.25) is 4.79 Å². The first kappa shape index (κ1) is 13.7. The molecule has 1 atom stereocenters. The number of nitrogens with one attached hydrogen (secondary N) is 1. The van der Waals surface area contributed by atoms with Gasteiger partial charge in [0.2, 0.25) is 0 Å². The second kappa shape index (κ2) is 5.32. The molecule has 0 aliphatic rings. The van der Waals surface area contributed by atoms with E-state index in [4.69, 9.17) is 4.74 Å². The summed E-state index contributed by atoms with van der Waals surface area (Å²) in [7, 11) is 1.54. The molecule has 0 heterocycles. The van der Waals surface area contributed by atoms with Gasteiger partial charge >= 0.3 is 0 Å². The minimum absolute atomic E-state index is 0.0168. The first-order chi connectivity index (χ1) is 7.86. The zero-order chi connectivity index (χ0) is 13.1. The molecule has 1 rings (SSSR count). The topological polar surface area (TPSA) is 38.3 Å². The number of amides is 1. The molecule has 1 N–H and O–H groups in total. The maximum absolute atomic E-state index is 11.9. The van der Waals surface area contributed by atoms with Gasteiger partial charge in [-0.2, -0.15) is 0 Å². The molecule has 0 unspecified atom stereocenters. The van der Waals surface area contributed by atoms with E-state index in [9.17, 15) is 4.79 Å². The summed E-state index contributed by atoms with van der Waals surface area (Å²) in [6.07, 6.45) is 0. The van der Waals surface area contributed by atoms with Gasteiger partial charge in [-0.1, -0.05) is 29.8 Å². The van der Waals surface area contributed by atoms with Gasteiger partial charge in [-0.05, 0) is 33.3 Å². The maximum Gasteiger partial charge on any atom is 0.252 e. The molecule has 3 heteroatoms. The number of benzene rings is 1. The molecule has 0 radical (unpaired) electrons. The number of ether oxygens (including phenoxy) is 1. The third-order valence-corrected chi connectivity index (χ3v) is 2.95. The summed E-state index contributed by atoms with van der Waals surface area (Å²) < 4.78 is 5.15. The van der Waals surface area contributed by atoms with Gasteiger partial charge in [-0.15, -0.1) is 0 Å². The van der Waals surface area contributed by atoms with Crippen molar-refractivity contribution in [1.29, 1.82) is 0 Å². The van der Waals surface area contributed by atoms with E-state index in [1.54, 1.807) is 13.8 Å². The van der Waals surface area contributed by atoms with Crippen LogP contribution in [-0.4, -0.2) is 18.6 Å². The monoisotopic (exact) mass is 235 g/mol. The molecule has 1 amide bonds. The molecule has 0 spiro atoms. The first-order valence-electron chi connectivity index (χ1n) is 5.79. The number of aryl methyl sites for hydroxylation is 1. The van der Waals surface area contributed by atoms with Crippen molar-refractivity contribution in [1.82, 2.24) is 5.32 Å². The van der Waals surface area contributed by atoms with Crippen LogP contribution in [0, 0.1) is 6.92 Å². The summed E-state index contributed by atoms with van der Waals surface area (Å²) in [5.41, 5.74) is 1.50. The molecule has 1 aromatic carbocycles. The molecule has 0 saturated carbocycles. The van der Waals surface area contributed by atoms with Crippen molar-refractivity contribution in [3.8, 4) is 0 Å². The Morgan fingerprint density at radius 3 is 2.59 bits per heavy atom. The third-order valence-electron chi connectivity index (χ3n) is 2.95. The van der Waals surface area contributed by atoms with Crippen LogP contribution < -0.4 is 5.32 Å². The van der Waals surface area contributed by atoms with E-state index in [-0.39, 0.29) is 11.9 Å². The predicted molar refractivity (Wildman–Crippen MR) is 68.8 cm³/mol. The average Bonchev–Trinajstić information content (AvgIpc) is 2.28. The number of hydrogen-bond acceptors (Lipinski definition) is 2.